The van der Waals surface area contributed by atoms with Crippen LogP contribution < -0.4 is 5.69 Å². The van der Waals surface area contributed by atoms with Crippen molar-refractivity contribution in [1.82, 2.24) is 24.0 Å². The van der Waals surface area contributed by atoms with Gasteiger partial charge >= 0.3 is 5.69 Å². The lowest BCUT2D eigenvalue weighted by Crippen LogP contribution is -2.29. The van der Waals surface area contributed by atoms with Crippen molar-refractivity contribution in [2.24, 2.45) is 0 Å². The molecule has 4 heterocycles. The van der Waals surface area contributed by atoms with E-state index >= 15 is 0 Å². The van der Waals surface area contributed by atoms with E-state index in [9.17, 15) is 9.18 Å². The Labute approximate surface area is 208 Å². The van der Waals surface area contributed by atoms with Crippen molar-refractivity contribution in [2.75, 3.05) is 13.1 Å². The summed E-state index contributed by atoms with van der Waals surface area (Å²) in [4.78, 5) is 25.3. The second kappa shape index (κ2) is 9.17. The highest BCUT2D eigenvalue weighted by Gasteiger charge is 2.29. The summed E-state index contributed by atoms with van der Waals surface area (Å²) in [5.41, 5.74) is 6.33. The Kier molecular flexibility index (Phi) is 5.70. The molecule has 1 saturated heterocycles. The highest BCUT2D eigenvalue weighted by molar-refractivity contribution is 5.75. The van der Waals surface area contributed by atoms with Crippen LogP contribution in [0.5, 0.6) is 0 Å². The van der Waals surface area contributed by atoms with Gasteiger partial charge in [-0.3, -0.25) is 19.0 Å². The minimum absolute atomic E-state index is 0.0404. The molecule has 0 spiro atoms. The smallest absolute Gasteiger partial charge is 0.295 e. The van der Waals surface area contributed by atoms with E-state index in [1.54, 1.807) is 22.9 Å². The van der Waals surface area contributed by atoms with Gasteiger partial charge in [0.15, 0.2) is 5.65 Å². The first-order valence-electron chi connectivity index (χ1n) is 12.2. The predicted molar refractivity (Wildman–Crippen MR) is 139 cm³/mol. The maximum atomic E-state index is 13.8. The first kappa shape index (κ1) is 22.4. The van der Waals surface area contributed by atoms with E-state index in [0.717, 1.165) is 54.1 Å². The van der Waals surface area contributed by atoms with Crippen molar-refractivity contribution in [3.8, 4) is 16.8 Å². The highest BCUT2D eigenvalue weighted by atomic mass is 19.1. The molecule has 0 aliphatic carbocycles. The second-order valence-corrected chi connectivity index (χ2v) is 9.33. The van der Waals surface area contributed by atoms with Gasteiger partial charge in [-0.25, -0.2) is 14.2 Å². The Hall–Kier alpha value is -4.10. The van der Waals surface area contributed by atoms with Gasteiger partial charge in [0.1, 0.15) is 5.82 Å². The number of fused-ring (bicyclic) bond motifs is 1. The summed E-state index contributed by atoms with van der Waals surface area (Å²) >= 11 is 0. The standard InChI is InChI=1S/C29H26FN5O/c1-20-4-2-15-31-26(20)19-33-17-14-25(18-33)35-28-27(5-3-16-32-28)34(29(35)36)24-12-8-22(9-13-24)21-6-10-23(30)11-7-21/h2-13,15-16,25H,14,17-19H2,1H3. The molecule has 0 bridgehead atoms. The number of rotatable bonds is 5. The van der Waals surface area contributed by atoms with Crippen LogP contribution in [0.4, 0.5) is 4.39 Å². The van der Waals surface area contributed by atoms with Crippen LogP contribution >= 0.6 is 0 Å². The number of pyridine rings is 2. The minimum Gasteiger partial charge on any atom is -0.295 e. The molecule has 1 unspecified atom stereocenters. The molecule has 0 radical (unpaired) electrons. The molecule has 6 nitrogen and oxygen atoms in total. The summed E-state index contributed by atoms with van der Waals surface area (Å²) in [7, 11) is 0. The highest BCUT2D eigenvalue weighted by Crippen LogP contribution is 2.27. The van der Waals surface area contributed by atoms with Crippen LogP contribution in [0.15, 0.2) is 90.0 Å². The van der Waals surface area contributed by atoms with E-state index in [1.807, 2.05) is 53.2 Å². The number of likely N-dealkylation sites (tertiary alicyclic amines) is 1. The predicted octanol–water partition coefficient (Wildman–Crippen LogP) is 5.14. The average Bonchev–Trinajstić information content (AvgIpc) is 3.47. The Balaban J connectivity index is 1.33. The first-order valence-corrected chi connectivity index (χ1v) is 12.2. The fourth-order valence-electron chi connectivity index (χ4n) is 5.14. The molecule has 5 aromatic rings. The molecule has 2 aromatic carbocycles. The minimum atomic E-state index is -0.261. The Morgan fingerprint density at radius 2 is 1.61 bits per heavy atom. The van der Waals surface area contributed by atoms with Crippen LogP contribution in [0.3, 0.4) is 0 Å². The van der Waals surface area contributed by atoms with Gasteiger partial charge in [-0.15, -0.1) is 0 Å². The zero-order valence-corrected chi connectivity index (χ0v) is 20.0. The largest absolute Gasteiger partial charge is 0.335 e. The van der Waals surface area contributed by atoms with Gasteiger partial charge in [0, 0.05) is 32.0 Å². The number of imidazole rings is 1. The molecule has 0 amide bonds. The monoisotopic (exact) mass is 479 g/mol. The van der Waals surface area contributed by atoms with Crippen molar-refractivity contribution in [1.29, 1.82) is 0 Å². The van der Waals surface area contributed by atoms with E-state index < -0.39 is 0 Å². The van der Waals surface area contributed by atoms with E-state index in [-0.39, 0.29) is 17.5 Å². The van der Waals surface area contributed by atoms with Gasteiger partial charge in [-0.1, -0.05) is 30.3 Å². The summed E-state index contributed by atoms with van der Waals surface area (Å²) in [6.45, 7) is 4.53. The van der Waals surface area contributed by atoms with Crippen LogP contribution in [0.25, 0.3) is 28.0 Å². The zero-order valence-electron chi connectivity index (χ0n) is 20.0. The molecular weight excluding hydrogens is 453 g/mol. The van der Waals surface area contributed by atoms with Crippen LogP contribution in [0.1, 0.15) is 23.7 Å². The fraction of sp³-hybridized carbons (Fsp3) is 0.207. The lowest BCUT2D eigenvalue weighted by Gasteiger charge is -2.17. The number of hydrogen-bond donors (Lipinski definition) is 0. The van der Waals surface area contributed by atoms with Gasteiger partial charge < -0.3 is 0 Å². The summed E-state index contributed by atoms with van der Waals surface area (Å²) in [5, 5.41) is 0. The molecule has 1 fully saturated rings. The lowest BCUT2D eigenvalue weighted by molar-refractivity contribution is 0.311. The zero-order chi connectivity index (χ0) is 24.6. The van der Waals surface area contributed by atoms with Crippen LogP contribution in [0, 0.1) is 12.7 Å². The van der Waals surface area contributed by atoms with E-state index in [0.29, 0.717) is 5.65 Å². The third-order valence-electron chi connectivity index (χ3n) is 7.04. The molecule has 0 saturated carbocycles. The van der Waals surface area contributed by atoms with Crippen LogP contribution in [-0.2, 0) is 6.54 Å². The van der Waals surface area contributed by atoms with Crippen LogP contribution in [-0.4, -0.2) is 37.1 Å². The third kappa shape index (κ3) is 4.01. The summed E-state index contributed by atoms with van der Waals surface area (Å²) < 4.78 is 16.9. The second-order valence-electron chi connectivity index (χ2n) is 9.33. The summed E-state index contributed by atoms with van der Waals surface area (Å²) in [6.07, 6.45) is 4.45. The maximum absolute atomic E-state index is 13.8. The molecule has 6 rings (SSSR count). The normalized spacial score (nSPS) is 16.1. The van der Waals surface area contributed by atoms with Crippen LogP contribution in [0.2, 0.25) is 0 Å². The number of aryl methyl sites for hydroxylation is 1. The number of halogens is 1. The molecule has 1 aliphatic rings. The molecule has 0 N–H and O–H groups in total. The average molecular weight is 480 g/mol. The molecular formula is C29H26FN5O. The number of benzene rings is 2. The lowest BCUT2D eigenvalue weighted by atomic mass is 10.1. The number of nitrogens with zero attached hydrogens (tertiary/aromatic N) is 5. The van der Waals surface area contributed by atoms with Crippen molar-refractivity contribution in [3.05, 3.63) is 113 Å². The van der Waals surface area contributed by atoms with Crippen molar-refractivity contribution in [3.63, 3.8) is 0 Å². The molecule has 3 aromatic heterocycles. The number of aromatic nitrogens is 4. The Morgan fingerprint density at radius 1 is 0.917 bits per heavy atom. The summed E-state index contributed by atoms with van der Waals surface area (Å²) in [6, 6.07) is 22.1. The van der Waals surface area contributed by atoms with Crippen molar-refractivity contribution in [2.45, 2.75) is 25.9 Å². The quantitative estimate of drug-likeness (QED) is 0.350. The molecule has 1 aliphatic heterocycles. The van der Waals surface area contributed by atoms with Crippen molar-refractivity contribution >= 4 is 11.2 Å². The van der Waals surface area contributed by atoms with E-state index in [2.05, 4.69) is 27.9 Å². The molecule has 36 heavy (non-hydrogen) atoms. The molecule has 7 heteroatoms. The topological polar surface area (TPSA) is 56.0 Å². The van der Waals surface area contributed by atoms with Crippen molar-refractivity contribution < 1.29 is 4.39 Å². The summed E-state index contributed by atoms with van der Waals surface area (Å²) in [5.74, 6) is -0.261. The maximum Gasteiger partial charge on any atom is 0.335 e. The molecule has 180 valence electrons. The Bertz CT molecular complexity index is 1590. The Morgan fingerprint density at radius 3 is 2.36 bits per heavy atom. The van der Waals surface area contributed by atoms with Gasteiger partial charge in [0.25, 0.3) is 0 Å². The van der Waals surface area contributed by atoms with Gasteiger partial charge in [-0.05, 0) is 72.5 Å². The van der Waals surface area contributed by atoms with E-state index in [1.165, 1.54) is 17.7 Å². The van der Waals surface area contributed by atoms with Gasteiger partial charge in [0.2, 0.25) is 0 Å². The first-order chi connectivity index (χ1) is 17.6. The molecule has 1 atom stereocenters. The number of hydrogen-bond acceptors (Lipinski definition) is 4. The van der Waals surface area contributed by atoms with Gasteiger partial charge in [0.05, 0.1) is 22.9 Å². The van der Waals surface area contributed by atoms with Gasteiger partial charge in [-0.2, -0.15) is 0 Å². The third-order valence-corrected chi connectivity index (χ3v) is 7.04. The van der Waals surface area contributed by atoms with E-state index in [4.69, 9.17) is 0 Å². The fourth-order valence-corrected chi connectivity index (χ4v) is 5.14. The SMILES string of the molecule is Cc1cccnc1CN1CCC(n2c(=O)n(-c3ccc(-c4ccc(F)cc4)cc3)c3cccnc32)C1.